The molecule has 0 bridgehead atoms. The van der Waals surface area contributed by atoms with E-state index in [-0.39, 0.29) is 18.7 Å². The Labute approximate surface area is 98.8 Å². The molecule has 0 saturated heterocycles. The molecule has 0 aromatic carbocycles. The largest absolute Gasteiger partial charge is 0.480 e. The van der Waals surface area contributed by atoms with Crippen molar-refractivity contribution in [3.05, 3.63) is 12.5 Å². The van der Waals surface area contributed by atoms with Gasteiger partial charge < -0.3 is 15.4 Å². The van der Waals surface area contributed by atoms with Crippen molar-refractivity contribution < 1.29 is 14.7 Å². The summed E-state index contributed by atoms with van der Waals surface area (Å²) >= 11 is 0. The van der Waals surface area contributed by atoms with E-state index in [0.717, 1.165) is 0 Å². The van der Waals surface area contributed by atoms with E-state index in [0.29, 0.717) is 5.82 Å². The first-order valence-corrected chi connectivity index (χ1v) is 5.14. The molecular weight excluding hydrogens is 224 g/mol. The van der Waals surface area contributed by atoms with Crippen molar-refractivity contribution >= 4 is 17.7 Å². The Kier molecular flexibility index (Phi) is 4.22. The molecule has 94 valence electrons. The lowest BCUT2D eigenvalue weighted by Gasteiger charge is -2.14. The number of rotatable bonds is 5. The molecule has 0 aliphatic rings. The molecule has 0 fully saturated rings. The van der Waals surface area contributed by atoms with Crippen LogP contribution in [0.1, 0.15) is 12.8 Å². The number of aryl methyl sites for hydroxylation is 1. The molecule has 3 N–H and O–H groups in total. The Morgan fingerprint density at radius 3 is 2.76 bits per heavy atom. The topological polar surface area (TPSA) is 101 Å². The average molecular weight is 240 g/mol. The van der Waals surface area contributed by atoms with Gasteiger partial charge in [-0.2, -0.15) is 0 Å². The summed E-state index contributed by atoms with van der Waals surface area (Å²) in [4.78, 5) is 27.6. The minimum absolute atomic E-state index is 0.0839. The fourth-order valence-electron chi connectivity index (χ4n) is 1.27. The smallest absolute Gasteiger partial charge is 0.320 e. The molecule has 1 unspecified atom stereocenters. The standard InChI is InChI=1S/C10H16N4O3/c1-13-5-8(12-6-13)14(2)9(15)4-3-7(11)10(16)17/h5-7H,3-4,11H2,1-2H3,(H,16,17). The summed E-state index contributed by atoms with van der Waals surface area (Å²) in [6.07, 6.45) is 3.49. The molecule has 1 rings (SSSR count). The highest BCUT2D eigenvalue weighted by molar-refractivity contribution is 5.92. The van der Waals surface area contributed by atoms with Crippen LogP contribution in [-0.2, 0) is 16.6 Å². The number of carboxylic acid groups (broad SMARTS) is 1. The van der Waals surface area contributed by atoms with Gasteiger partial charge in [0.05, 0.1) is 6.33 Å². The van der Waals surface area contributed by atoms with Gasteiger partial charge in [0.2, 0.25) is 5.91 Å². The maximum absolute atomic E-state index is 11.7. The number of imidazole rings is 1. The summed E-state index contributed by atoms with van der Waals surface area (Å²) in [5, 5.41) is 8.59. The van der Waals surface area contributed by atoms with E-state index in [9.17, 15) is 9.59 Å². The second kappa shape index (κ2) is 5.44. The molecule has 7 nitrogen and oxygen atoms in total. The van der Waals surface area contributed by atoms with Gasteiger partial charge in [0.15, 0.2) is 5.82 Å². The van der Waals surface area contributed by atoms with Crippen LogP contribution in [0.25, 0.3) is 0 Å². The molecule has 0 radical (unpaired) electrons. The van der Waals surface area contributed by atoms with Crippen molar-refractivity contribution in [1.82, 2.24) is 9.55 Å². The number of anilines is 1. The zero-order valence-corrected chi connectivity index (χ0v) is 9.83. The number of nitrogens with zero attached hydrogens (tertiary/aromatic N) is 3. The molecule has 0 spiro atoms. The molecule has 0 aliphatic carbocycles. The van der Waals surface area contributed by atoms with Gasteiger partial charge in [0, 0.05) is 26.7 Å². The Hall–Kier alpha value is -1.89. The fraction of sp³-hybridized carbons (Fsp3) is 0.500. The zero-order chi connectivity index (χ0) is 13.0. The van der Waals surface area contributed by atoms with Crippen LogP contribution in [0.4, 0.5) is 5.82 Å². The molecule has 0 aliphatic heterocycles. The molecule has 17 heavy (non-hydrogen) atoms. The van der Waals surface area contributed by atoms with E-state index in [1.54, 1.807) is 31.2 Å². The minimum Gasteiger partial charge on any atom is -0.480 e. The molecule has 1 aromatic rings. The van der Waals surface area contributed by atoms with Crippen molar-refractivity contribution in [2.24, 2.45) is 12.8 Å². The summed E-state index contributed by atoms with van der Waals surface area (Å²) in [6, 6.07) is -1.00. The number of hydrogen-bond acceptors (Lipinski definition) is 4. The van der Waals surface area contributed by atoms with E-state index in [1.807, 2.05) is 0 Å². The summed E-state index contributed by atoms with van der Waals surface area (Å²) < 4.78 is 1.72. The van der Waals surface area contributed by atoms with Crippen LogP contribution in [0, 0.1) is 0 Å². The number of amides is 1. The third-order valence-corrected chi connectivity index (χ3v) is 2.40. The highest BCUT2D eigenvalue weighted by Crippen LogP contribution is 2.10. The van der Waals surface area contributed by atoms with Gasteiger partial charge in [-0.1, -0.05) is 0 Å². The van der Waals surface area contributed by atoms with Gasteiger partial charge in [-0.05, 0) is 6.42 Å². The Morgan fingerprint density at radius 2 is 2.29 bits per heavy atom. The number of carbonyl (C=O) groups excluding carboxylic acids is 1. The van der Waals surface area contributed by atoms with E-state index < -0.39 is 12.0 Å². The van der Waals surface area contributed by atoms with Gasteiger partial charge >= 0.3 is 5.97 Å². The van der Waals surface area contributed by atoms with Crippen LogP contribution in [0.3, 0.4) is 0 Å². The summed E-state index contributed by atoms with van der Waals surface area (Å²) in [5.74, 6) is -0.778. The molecule has 0 saturated carbocycles. The van der Waals surface area contributed by atoms with Crippen molar-refractivity contribution in [3.63, 3.8) is 0 Å². The lowest BCUT2D eigenvalue weighted by molar-refractivity contribution is -0.138. The average Bonchev–Trinajstić information content (AvgIpc) is 2.70. The van der Waals surface area contributed by atoms with Crippen molar-refractivity contribution in [1.29, 1.82) is 0 Å². The van der Waals surface area contributed by atoms with Crippen LogP contribution >= 0.6 is 0 Å². The van der Waals surface area contributed by atoms with Gasteiger partial charge in [0.1, 0.15) is 6.04 Å². The first kappa shape index (κ1) is 13.2. The second-order valence-corrected chi connectivity index (χ2v) is 3.83. The fourth-order valence-corrected chi connectivity index (χ4v) is 1.27. The van der Waals surface area contributed by atoms with Crippen LogP contribution in [0.5, 0.6) is 0 Å². The SMILES string of the molecule is CN(C(=O)CCC(N)C(=O)O)c1cn(C)cn1. The van der Waals surface area contributed by atoms with E-state index >= 15 is 0 Å². The first-order valence-electron chi connectivity index (χ1n) is 5.14. The van der Waals surface area contributed by atoms with Gasteiger partial charge in [-0.3, -0.25) is 14.5 Å². The summed E-state index contributed by atoms with van der Waals surface area (Å²) in [5.41, 5.74) is 5.32. The molecule has 1 heterocycles. The van der Waals surface area contributed by atoms with E-state index in [2.05, 4.69) is 4.98 Å². The third-order valence-electron chi connectivity index (χ3n) is 2.40. The number of aliphatic carboxylic acids is 1. The third kappa shape index (κ3) is 3.56. The predicted octanol–water partition coefficient (Wildman–Crippen LogP) is -0.425. The highest BCUT2D eigenvalue weighted by atomic mass is 16.4. The van der Waals surface area contributed by atoms with Crippen LogP contribution < -0.4 is 10.6 Å². The molecular formula is C10H16N4O3. The lowest BCUT2D eigenvalue weighted by atomic mass is 10.1. The van der Waals surface area contributed by atoms with Gasteiger partial charge in [-0.15, -0.1) is 0 Å². The quantitative estimate of drug-likeness (QED) is 0.727. The van der Waals surface area contributed by atoms with Gasteiger partial charge in [0.25, 0.3) is 0 Å². The maximum Gasteiger partial charge on any atom is 0.320 e. The molecule has 1 amide bonds. The van der Waals surface area contributed by atoms with E-state index in [1.165, 1.54) is 4.90 Å². The number of nitrogens with two attached hydrogens (primary N) is 1. The van der Waals surface area contributed by atoms with Gasteiger partial charge in [-0.25, -0.2) is 4.98 Å². The number of hydrogen-bond donors (Lipinski definition) is 2. The number of carbonyl (C=O) groups is 2. The predicted molar refractivity (Wildman–Crippen MR) is 61.5 cm³/mol. The molecule has 1 aromatic heterocycles. The second-order valence-electron chi connectivity index (χ2n) is 3.83. The highest BCUT2D eigenvalue weighted by Gasteiger charge is 2.17. The molecule has 1 atom stereocenters. The van der Waals surface area contributed by atoms with Crippen molar-refractivity contribution in [2.75, 3.05) is 11.9 Å². The van der Waals surface area contributed by atoms with Crippen LogP contribution in [0.15, 0.2) is 12.5 Å². The van der Waals surface area contributed by atoms with E-state index in [4.69, 9.17) is 10.8 Å². The first-order chi connectivity index (χ1) is 7.91. The minimum atomic E-state index is -1.10. The summed E-state index contributed by atoms with van der Waals surface area (Å²) in [7, 11) is 3.39. The lowest BCUT2D eigenvalue weighted by Crippen LogP contribution is -2.33. The Bertz CT molecular complexity index is 415. The number of aromatic nitrogens is 2. The van der Waals surface area contributed by atoms with Crippen molar-refractivity contribution in [2.45, 2.75) is 18.9 Å². The zero-order valence-electron chi connectivity index (χ0n) is 9.83. The van der Waals surface area contributed by atoms with Crippen LogP contribution in [0.2, 0.25) is 0 Å². The maximum atomic E-state index is 11.7. The Balaban J connectivity index is 2.50. The van der Waals surface area contributed by atoms with Crippen LogP contribution in [-0.4, -0.2) is 39.6 Å². The summed E-state index contributed by atoms with van der Waals surface area (Å²) in [6.45, 7) is 0. The van der Waals surface area contributed by atoms with Crippen molar-refractivity contribution in [3.8, 4) is 0 Å². The Morgan fingerprint density at radius 1 is 1.65 bits per heavy atom. The monoisotopic (exact) mass is 240 g/mol. The normalized spacial score (nSPS) is 12.2. The number of carboxylic acids is 1. The molecule has 7 heteroatoms.